The van der Waals surface area contributed by atoms with Crippen molar-refractivity contribution < 1.29 is 9.59 Å². The van der Waals surface area contributed by atoms with Crippen LogP contribution in [0.5, 0.6) is 0 Å². The molecule has 35 heavy (non-hydrogen) atoms. The van der Waals surface area contributed by atoms with Crippen molar-refractivity contribution >= 4 is 11.9 Å². The molecule has 1 aliphatic carbocycles. The molecule has 5 nitrogen and oxygen atoms in total. The van der Waals surface area contributed by atoms with Gasteiger partial charge in [-0.25, -0.2) is 4.79 Å². The van der Waals surface area contributed by atoms with Crippen LogP contribution < -0.4 is 0 Å². The van der Waals surface area contributed by atoms with E-state index in [1.165, 1.54) is 36.0 Å². The number of urea groups is 1. The zero-order valence-corrected chi connectivity index (χ0v) is 21.1. The van der Waals surface area contributed by atoms with Crippen LogP contribution in [0.25, 0.3) is 11.1 Å². The fourth-order valence-corrected chi connectivity index (χ4v) is 6.36. The van der Waals surface area contributed by atoms with Crippen molar-refractivity contribution in [3.63, 3.8) is 0 Å². The molecular weight excluding hydrogens is 434 g/mol. The average molecular weight is 474 g/mol. The molecule has 1 spiro atoms. The summed E-state index contributed by atoms with van der Waals surface area (Å²) < 4.78 is 0. The molecule has 2 saturated heterocycles. The molecule has 3 amide bonds. The molecule has 186 valence electrons. The number of hydrogen-bond donors (Lipinski definition) is 0. The molecule has 0 atom stereocenters. The zero-order chi connectivity index (χ0) is 24.3. The van der Waals surface area contributed by atoms with E-state index < -0.39 is 5.54 Å². The minimum Gasteiger partial charge on any atom is -0.309 e. The quantitative estimate of drug-likeness (QED) is 0.467. The van der Waals surface area contributed by atoms with Gasteiger partial charge in [-0.05, 0) is 54.7 Å². The summed E-state index contributed by atoms with van der Waals surface area (Å²) in [6.07, 6.45) is 8.40. The Morgan fingerprint density at radius 2 is 1.51 bits per heavy atom. The number of piperidine rings is 1. The summed E-state index contributed by atoms with van der Waals surface area (Å²) in [5.41, 5.74) is 3.13. The molecule has 5 rings (SSSR count). The van der Waals surface area contributed by atoms with E-state index in [2.05, 4.69) is 60.4 Å². The van der Waals surface area contributed by atoms with Gasteiger partial charge in [-0.2, -0.15) is 0 Å². The third-order valence-electron chi connectivity index (χ3n) is 8.38. The Morgan fingerprint density at radius 1 is 0.857 bits per heavy atom. The molecule has 2 aromatic rings. The van der Waals surface area contributed by atoms with Gasteiger partial charge in [0.2, 0.25) is 0 Å². The number of benzene rings is 2. The number of carbonyl (C=O) groups is 2. The van der Waals surface area contributed by atoms with Gasteiger partial charge >= 0.3 is 6.03 Å². The number of nitrogens with zero attached hydrogens (tertiary/aromatic N) is 3. The Balaban J connectivity index is 1.24. The first-order chi connectivity index (χ1) is 17.1. The molecule has 0 radical (unpaired) electrons. The fraction of sp³-hybridized carbons (Fsp3) is 0.533. The molecular formula is C30H39N3O2. The summed E-state index contributed by atoms with van der Waals surface area (Å²) in [5.74, 6) is 0.558. The van der Waals surface area contributed by atoms with E-state index in [1.54, 1.807) is 4.90 Å². The van der Waals surface area contributed by atoms with Crippen molar-refractivity contribution in [1.82, 2.24) is 14.7 Å². The van der Waals surface area contributed by atoms with Gasteiger partial charge in [-0.3, -0.25) is 14.6 Å². The van der Waals surface area contributed by atoms with Gasteiger partial charge in [0.15, 0.2) is 0 Å². The Labute approximate surface area is 210 Å². The maximum Gasteiger partial charge on any atom is 0.327 e. The standard InChI is InChI=1S/C30H39N3O2/c1-2-19-33-29(35)32(23-24-9-5-3-6-10-24)28(34)30(33)17-20-31(21-18-30)22-25-13-15-27(16-14-25)26-11-7-4-8-12-26/h4,7-8,11-16,24H,2-3,5-6,9-10,17-23H2,1H3. The molecule has 2 aromatic carbocycles. The van der Waals surface area contributed by atoms with E-state index in [4.69, 9.17) is 0 Å². The molecule has 3 fully saturated rings. The molecule has 0 N–H and O–H groups in total. The van der Waals surface area contributed by atoms with Crippen LogP contribution in [-0.4, -0.2) is 58.4 Å². The number of likely N-dealkylation sites (tertiary alicyclic amines) is 1. The van der Waals surface area contributed by atoms with Crippen LogP contribution in [0.1, 0.15) is 63.9 Å². The van der Waals surface area contributed by atoms with E-state index in [0.29, 0.717) is 19.0 Å². The molecule has 2 heterocycles. The van der Waals surface area contributed by atoms with Crippen LogP contribution >= 0.6 is 0 Å². The summed E-state index contributed by atoms with van der Waals surface area (Å²) in [6.45, 7) is 5.97. The first-order valence-electron chi connectivity index (χ1n) is 13.6. The number of rotatable bonds is 7. The van der Waals surface area contributed by atoms with Crippen LogP contribution in [0.4, 0.5) is 4.79 Å². The third-order valence-corrected chi connectivity index (χ3v) is 8.38. The van der Waals surface area contributed by atoms with Crippen LogP contribution in [0.2, 0.25) is 0 Å². The topological polar surface area (TPSA) is 43.9 Å². The average Bonchev–Trinajstić information content (AvgIpc) is 3.09. The van der Waals surface area contributed by atoms with Crippen molar-refractivity contribution in [2.45, 2.75) is 70.4 Å². The van der Waals surface area contributed by atoms with Crippen molar-refractivity contribution in [3.05, 3.63) is 60.2 Å². The van der Waals surface area contributed by atoms with Gasteiger partial charge in [0.05, 0.1) is 0 Å². The zero-order valence-electron chi connectivity index (χ0n) is 21.1. The minimum absolute atomic E-state index is 0.0348. The molecule has 1 saturated carbocycles. The van der Waals surface area contributed by atoms with Gasteiger partial charge in [0.25, 0.3) is 5.91 Å². The van der Waals surface area contributed by atoms with Gasteiger partial charge in [-0.15, -0.1) is 0 Å². The Kier molecular flexibility index (Phi) is 7.24. The summed E-state index contributed by atoms with van der Waals surface area (Å²) >= 11 is 0. The lowest BCUT2D eigenvalue weighted by Crippen LogP contribution is -2.56. The molecule has 2 aliphatic heterocycles. The summed E-state index contributed by atoms with van der Waals surface area (Å²) in [4.78, 5) is 33.1. The Hall–Kier alpha value is -2.66. The number of carbonyl (C=O) groups excluding carboxylic acids is 2. The van der Waals surface area contributed by atoms with E-state index in [9.17, 15) is 9.59 Å². The molecule has 0 aromatic heterocycles. The normalized spacial score (nSPS) is 21.3. The van der Waals surface area contributed by atoms with Crippen molar-refractivity contribution in [1.29, 1.82) is 0 Å². The van der Waals surface area contributed by atoms with Gasteiger partial charge in [0, 0.05) is 32.7 Å². The summed E-state index contributed by atoms with van der Waals surface area (Å²) in [7, 11) is 0. The van der Waals surface area contributed by atoms with Crippen LogP contribution in [-0.2, 0) is 11.3 Å². The number of imide groups is 1. The second-order valence-corrected chi connectivity index (χ2v) is 10.7. The molecule has 5 heteroatoms. The molecule has 3 aliphatic rings. The number of hydrogen-bond acceptors (Lipinski definition) is 3. The maximum absolute atomic E-state index is 13.7. The fourth-order valence-electron chi connectivity index (χ4n) is 6.36. The highest BCUT2D eigenvalue weighted by Gasteiger charge is 2.57. The summed E-state index contributed by atoms with van der Waals surface area (Å²) in [6, 6.07) is 19.2. The largest absolute Gasteiger partial charge is 0.327 e. The van der Waals surface area contributed by atoms with Gasteiger partial charge in [0.1, 0.15) is 5.54 Å². The highest BCUT2D eigenvalue weighted by Crippen LogP contribution is 2.39. The maximum atomic E-state index is 13.7. The van der Waals surface area contributed by atoms with Crippen molar-refractivity contribution in [2.75, 3.05) is 26.2 Å². The van der Waals surface area contributed by atoms with E-state index in [0.717, 1.165) is 51.7 Å². The predicted octanol–water partition coefficient (Wildman–Crippen LogP) is 5.94. The van der Waals surface area contributed by atoms with Gasteiger partial charge in [-0.1, -0.05) is 80.8 Å². The number of amides is 3. The lowest BCUT2D eigenvalue weighted by atomic mass is 9.85. The lowest BCUT2D eigenvalue weighted by molar-refractivity contribution is -0.136. The first kappa shape index (κ1) is 24.1. The van der Waals surface area contributed by atoms with E-state index in [1.807, 2.05) is 11.0 Å². The van der Waals surface area contributed by atoms with Crippen LogP contribution in [0.15, 0.2) is 54.6 Å². The lowest BCUT2D eigenvalue weighted by Gasteiger charge is -2.42. The second kappa shape index (κ2) is 10.5. The van der Waals surface area contributed by atoms with Gasteiger partial charge < -0.3 is 4.90 Å². The van der Waals surface area contributed by atoms with Crippen LogP contribution in [0.3, 0.4) is 0 Å². The molecule has 0 unspecified atom stereocenters. The van der Waals surface area contributed by atoms with Crippen molar-refractivity contribution in [3.8, 4) is 11.1 Å². The van der Waals surface area contributed by atoms with E-state index >= 15 is 0 Å². The highest BCUT2D eigenvalue weighted by atomic mass is 16.2. The van der Waals surface area contributed by atoms with E-state index in [-0.39, 0.29) is 11.9 Å². The minimum atomic E-state index is -0.630. The van der Waals surface area contributed by atoms with Crippen molar-refractivity contribution in [2.24, 2.45) is 5.92 Å². The third kappa shape index (κ3) is 4.88. The van der Waals surface area contributed by atoms with Crippen LogP contribution in [0, 0.1) is 5.92 Å². The first-order valence-corrected chi connectivity index (χ1v) is 13.6. The Morgan fingerprint density at radius 3 is 2.17 bits per heavy atom. The molecule has 0 bridgehead atoms. The second-order valence-electron chi connectivity index (χ2n) is 10.7. The predicted molar refractivity (Wildman–Crippen MR) is 140 cm³/mol. The summed E-state index contributed by atoms with van der Waals surface area (Å²) in [5, 5.41) is 0. The Bertz CT molecular complexity index is 1010. The smallest absolute Gasteiger partial charge is 0.309 e. The SMILES string of the molecule is CCCN1C(=O)N(CC2CCCCC2)C(=O)C12CCN(Cc1ccc(-c3ccccc3)cc1)CC2. The monoisotopic (exact) mass is 473 g/mol. The highest BCUT2D eigenvalue weighted by molar-refractivity contribution is 6.07.